The zero-order chi connectivity index (χ0) is 31.8. The van der Waals surface area contributed by atoms with E-state index in [1.165, 1.54) is 18.2 Å². The molecule has 2 aromatic rings. The predicted molar refractivity (Wildman–Crippen MR) is 164 cm³/mol. The largest absolute Gasteiger partial charge is 0.461 e. The highest BCUT2D eigenvalue weighted by molar-refractivity contribution is 6.11. The average Bonchev–Trinajstić information content (AvgIpc) is 3.50. The third-order valence-corrected chi connectivity index (χ3v) is 7.92. The molecule has 2 aliphatic carbocycles. The summed E-state index contributed by atoms with van der Waals surface area (Å²) in [5.41, 5.74) is 6.75. The van der Waals surface area contributed by atoms with E-state index in [0.29, 0.717) is 16.6 Å². The number of aromatic nitrogens is 1. The molecular weight excluding hydrogens is 571 g/mol. The molecule has 1 fully saturated rings. The summed E-state index contributed by atoms with van der Waals surface area (Å²) in [6, 6.07) is 4.30. The Morgan fingerprint density at radius 1 is 1.18 bits per heavy atom. The Balaban J connectivity index is 1.53. The second kappa shape index (κ2) is 15.0. The van der Waals surface area contributed by atoms with Crippen LogP contribution in [0.1, 0.15) is 73.8 Å². The van der Waals surface area contributed by atoms with Crippen molar-refractivity contribution in [2.24, 2.45) is 0 Å². The third kappa shape index (κ3) is 8.25. The number of nitrogens with one attached hydrogen (secondary N) is 1. The number of carbonyl (C=O) groups is 2. The smallest absolute Gasteiger partial charge is 0.323 e. The van der Waals surface area contributed by atoms with E-state index in [4.69, 9.17) is 10.5 Å². The number of rotatable bonds is 13. The Kier molecular flexibility index (Phi) is 11.2. The number of hydrogen-bond acceptors (Lipinski definition) is 6. The van der Waals surface area contributed by atoms with Crippen molar-refractivity contribution in [3.05, 3.63) is 112 Å². The Labute approximate surface area is 255 Å². The minimum atomic E-state index is -2.10. The van der Waals surface area contributed by atoms with Gasteiger partial charge in [-0.25, -0.2) is 13.2 Å². The average molecular weight is 610 g/mol. The van der Waals surface area contributed by atoms with Crippen LogP contribution in [0.15, 0.2) is 89.0 Å². The molecule has 1 saturated carbocycles. The number of pyridine rings is 1. The molecule has 2 unspecified atom stereocenters. The van der Waals surface area contributed by atoms with Gasteiger partial charge in [0.25, 0.3) is 5.56 Å². The fourth-order valence-electron chi connectivity index (χ4n) is 5.54. The van der Waals surface area contributed by atoms with Gasteiger partial charge in [-0.2, -0.15) is 0 Å². The van der Waals surface area contributed by atoms with Gasteiger partial charge >= 0.3 is 5.97 Å². The van der Waals surface area contributed by atoms with Crippen molar-refractivity contribution in [3.63, 3.8) is 0 Å². The van der Waals surface area contributed by atoms with Crippen LogP contribution in [-0.4, -0.2) is 41.2 Å². The number of carbonyl (C=O) groups excluding carboxylic acids is 2. The summed E-state index contributed by atoms with van der Waals surface area (Å²) in [5.74, 6) is -3.19. The lowest BCUT2D eigenvalue weighted by molar-refractivity contribution is -0.151. The molecule has 0 amide bonds. The van der Waals surface area contributed by atoms with Gasteiger partial charge < -0.3 is 15.8 Å². The van der Waals surface area contributed by atoms with E-state index in [9.17, 15) is 23.2 Å². The number of ketones is 1. The first-order chi connectivity index (χ1) is 21.0. The zero-order valence-electron chi connectivity index (χ0n) is 24.7. The predicted octanol–water partition coefficient (Wildman–Crippen LogP) is 6.22. The number of ether oxygens (including phenoxy) is 1. The van der Waals surface area contributed by atoms with E-state index < -0.39 is 47.1 Å². The second-order valence-corrected chi connectivity index (χ2v) is 11.3. The molecule has 0 bridgehead atoms. The maximum atomic E-state index is 15.8. The minimum Gasteiger partial charge on any atom is -0.461 e. The molecular formula is C34H38F3N3O4. The van der Waals surface area contributed by atoms with E-state index in [-0.39, 0.29) is 29.7 Å². The molecule has 1 aromatic heterocycles. The van der Waals surface area contributed by atoms with Crippen molar-refractivity contribution in [1.82, 2.24) is 9.88 Å². The number of nitrogens with zero attached hydrogens (tertiary/aromatic N) is 1. The number of nitrogen functional groups attached to an aromatic ring is 1. The molecule has 0 saturated heterocycles. The van der Waals surface area contributed by atoms with Crippen molar-refractivity contribution in [2.45, 2.75) is 76.2 Å². The highest BCUT2D eigenvalue weighted by atomic mass is 19.1. The van der Waals surface area contributed by atoms with Gasteiger partial charge in [-0.05, 0) is 88.3 Å². The van der Waals surface area contributed by atoms with Crippen LogP contribution >= 0.6 is 0 Å². The molecule has 234 valence electrons. The van der Waals surface area contributed by atoms with E-state index in [0.717, 1.165) is 68.4 Å². The lowest BCUT2D eigenvalue weighted by Crippen LogP contribution is -2.40. The molecule has 2 aliphatic rings. The van der Waals surface area contributed by atoms with Gasteiger partial charge in [-0.3, -0.25) is 19.0 Å². The summed E-state index contributed by atoms with van der Waals surface area (Å²) >= 11 is 0. The molecule has 0 radical (unpaired) electrons. The highest BCUT2D eigenvalue weighted by Gasteiger charge is 2.30. The van der Waals surface area contributed by atoms with Crippen molar-refractivity contribution >= 4 is 17.6 Å². The number of esters is 1. The van der Waals surface area contributed by atoms with Gasteiger partial charge in [0.15, 0.2) is 5.78 Å². The SMILES string of the molecule is C=C(F)C(C(F)/C=C(\C)CN[C@@H](CC1=CC=CCC1)C(=O)OC1CCCC1)n1c(N)c(C(=O)c2ccc(F)cc2)ccc1=O. The number of benzene rings is 1. The van der Waals surface area contributed by atoms with Crippen LogP contribution in [0.3, 0.4) is 0 Å². The van der Waals surface area contributed by atoms with Crippen LogP contribution in [0.4, 0.5) is 19.0 Å². The summed E-state index contributed by atoms with van der Waals surface area (Å²) in [4.78, 5) is 38.9. The summed E-state index contributed by atoms with van der Waals surface area (Å²) in [6.45, 7) is 4.93. The van der Waals surface area contributed by atoms with Gasteiger partial charge in [0, 0.05) is 18.2 Å². The number of alkyl halides is 1. The van der Waals surface area contributed by atoms with E-state index >= 15 is 4.39 Å². The number of anilines is 1. The van der Waals surface area contributed by atoms with E-state index in [2.05, 4.69) is 18.0 Å². The fourth-order valence-corrected chi connectivity index (χ4v) is 5.54. The van der Waals surface area contributed by atoms with Gasteiger partial charge in [-0.1, -0.05) is 36.0 Å². The second-order valence-electron chi connectivity index (χ2n) is 11.3. The quantitative estimate of drug-likeness (QED) is 0.159. The van der Waals surface area contributed by atoms with Crippen LogP contribution in [0.5, 0.6) is 0 Å². The zero-order valence-corrected chi connectivity index (χ0v) is 24.7. The molecule has 44 heavy (non-hydrogen) atoms. The lowest BCUT2D eigenvalue weighted by atomic mass is 9.97. The van der Waals surface area contributed by atoms with Crippen LogP contribution in [0.25, 0.3) is 0 Å². The molecule has 7 nitrogen and oxygen atoms in total. The van der Waals surface area contributed by atoms with Crippen LogP contribution < -0.4 is 16.6 Å². The molecule has 0 aliphatic heterocycles. The number of nitrogens with two attached hydrogens (primary N) is 1. The first-order valence-electron chi connectivity index (χ1n) is 14.8. The van der Waals surface area contributed by atoms with Crippen molar-refractivity contribution in [1.29, 1.82) is 0 Å². The monoisotopic (exact) mass is 609 g/mol. The summed E-state index contributed by atoms with van der Waals surface area (Å²) in [6.07, 6.45) is 10.8. The Morgan fingerprint density at radius 3 is 2.52 bits per heavy atom. The summed E-state index contributed by atoms with van der Waals surface area (Å²) in [5, 5.41) is 3.17. The van der Waals surface area contributed by atoms with Gasteiger partial charge in [0.05, 0.1) is 5.56 Å². The topological polar surface area (TPSA) is 103 Å². The lowest BCUT2D eigenvalue weighted by Gasteiger charge is -2.24. The van der Waals surface area contributed by atoms with Crippen LogP contribution in [0.2, 0.25) is 0 Å². The number of hydrogen-bond donors (Lipinski definition) is 2. The molecule has 1 aromatic carbocycles. The molecule has 3 atom stereocenters. The molecule has 1 heterocycles. The standard InChI is InChI=1S/C34H38F3N3O4/c1-21(20-39-29(19-23-8-4-3-5-9-23)34(43)44-26-10-6-7-11-26)18-28(37)31(22(2)35)40-30(41)17-16-27(33(40)38)32(42)24-12-14-25(36)15-13-24/h3-4,8,12-18,26,28-29,31,39H,2,5-7,9-11,19-20,38H2,1H3/b21-18+/t28?,29-,31?/m0/s1. The Bertz CT molecular complexity index is 1520. The normalized spacial score (nSPS) is 17.5. The molecule has 0 spiro atoms. The molecule has 3 N–H and O–H groups in total. The minimum absolute atomic E-state index is 0.0820. The summed E-state index contributed by atoms with van der Waals surface area (Å²) < 4.78 is 50.3. The molecule has 10 heteroatoms. The fraction of sp³-hybridized carbons (Fsp3) is 0.382. The first kappa shape index (κ1) is 32.7. The van der Waals surface area contributed by atoms with E-state index in [1.54, 1.807) is 6.92 Å². The van der Waals surface area contributed by atoms with Crippen molar-refractivity contribution in [2.75, 3.05) is 12.3 Å². The van der Waals surface area contributed by atoms with Crippen molar-refractivity contribution < 1.29 is 27.5 Å². The highest BCUT2D eigenvalue weighted by Crippen LogP contribution is 2.29. The third-order valence-electron chi connectivity index (χ3n) is 7.92. The maximum absolute atomic E-state index is 15.8. The van der Waals surface area contributed by atoms with Gasteiger partial charge in [0.2, 0.25) is 0 Å². The summed E-state index contributed by atoms with van der Waals surface area (Å²) in [7, 11) is 0. The van der Waals surface area contributed by atoms with Crippen LogP contribution in [0, 0.1) is 5.82 Å². The van der Waals surface area contributed by atoms with Crippen molar-refractivity contribution in [3.8, 4) is 0 Å². The Hall–Kier alpha value is -4.18. The van der Waals surface area contributed by atoms with Gasteiger partial charge in [0.1, 0.15) is 41.8 Å². The first-order valence-corrected chi connectivity index (χ1v) is 14.8. The van der Waals surface area contributed by atoms with Gasteiger partial charge in [-0.15, -0.1) is 0 Å². The Morgan fingerprint density at radius 2 is 1.89 bits per heavy atom. The number of halogens is 3. The molecule has 4 rings (SSSR count). The van der Waals surface area contributed by atoms with Crippen LogP contribution in [-0.2, 0) is 9.53 Å². The number of allylic oxidation sites excluding steroid dienone is 5. The maximum Gasteiger partial charge on any atom is 0.323 e. The van der Waals surface area contributed by atoms with E-state index in [1.807, 2.05) is 12.2 Å².